The zero-order valence-corrected chi connectivity index (χ0v) is 11.9. The number of aliphatic carboxylic acids is 1. The lowest BCUT2D eigenvalue weighted by atomic mass is 10.1. The Morgan fingerprint density at radius 2 is 1.52 bits per heavy atom. The summed E-state index contributed by atoms with van der Waals surface area (Å²) in [5.41, 5.74) is 5.32. The molecule has 21 heavy (non-hydrogen) atoms. The molecule has 3 rings (SSSR count). The molecule has 4 heteroatoms. The average molecular weight is 280 g/mol. The third kappa shape index (κ3) is 2.25. The number of carboxylic acids is 1. The maximum absolute atomic E-state index is 10.6. The van der Waals surface area contributed by atoms with Gasteiger partial charge in [-0.2, -0.15) is 0 Å². The third-order valence-electron chi connectivity index (χ3n) is 3.74. The predicted molar refractivity (Wildman–Crippen MR) is 85.7 cm³/mol. The van der Waals surface area contributed by atoms with Crippen LogP contribution < -0.4 is 9.80 Å². The zero-order valence-electron chi connectivity index (χ0n) is 11.9. The fourth-order valence-electron chi connectivity index (χ4n) is 2.65. The van der Waals surface area contributed by atoms with Crippen molar-refractivity contribution in [3.05, 3.63) is 54.1 Å². The number of fused-ring (bicyclic) bond motifs is 2. The van der Waals surface area contributed by atoms with Crippen molar-refractivity contribution in [1.82, 2.24) is 0 Å². The minimum Gasteiger partial charge on any atom is -0.478 e. The Bertz CT molecular complexity index is 737. The second-order valence-corrected chi connectivity index (χ2v) is 5.03. The molecule has 1 aliphatic heterocycles. The van der Waals surface area contributed by atoms with E-state index in [4.69, 9.17) is 5.11 Å². The summed E-state index contributed by atoms with van der Waals surface area (Å²) in [5.74, 6) is -0.941. The van der Waals surface area contributed by atoms with Crippen molar-refractivity contribution < 1.29 is 9.90 Å². The normalized spacial score (nSPS) is 13.2. The SMILES string of the molecule is CN1c2ccccc2N(C)c2cc(C=CC(=O)O)ccc21. The van der Waals surface area contributed by atoms with E-state index in [1.165, 1.54) is 0 Å². The average Bonchev–Trinajstić information content (AvgIpc) is 2.50. The number of anilines is 4. The topological polar surface area (TPSA) is 43.8 Å². The van der Waals surface area contributed by atoms with Crippen LogP contribution in [-0.4, -0.2) is 25.2 Å². The van der Waals surface area contributed by atoms with Crippen molar-refractivity contribution in [1.29, 1.82) is 0 Å². The van der Waals surface area contributed by atoms with E-state index in [0.29, 0.717) is 0 Å². The predicted octanol–water partition coefficient (Wildman–Crippen LogP) is 3.63. The molecule has 0 fully saturated rings. The molecule has 0 saturated carbocycles. The molecule has 1 aliphatic rings. The van der Waals surface area contributed by atoms with Gasteiger partial charge in [-0.15, -0.1) is 0 Å². The number of nitrogens with zero attached hydrogens (tertiary/aromatic N) is 2. The maximum Gasteiger partial charge on any atom is 0.328 e. The van der Waals surface area contributed by atoms with E-state index in [-0.39, 0.29) is 0 Å². The number of para-hydroxylation sites is 2. The number of benzene rings is 2. The standard InChI is InChI=1S/C17H16N2O2/c1-18-13-5-3-4-6-14(13)19(2)16-11-12(7-9-15(16)18)8-10-17(20)21/h3-11H,1-2H3,(H,20,21). The number of hydrogen-bond donors (Lipinski definition) is 1. The molecule has 4 nitrogen and oxygen atoms in total. The van der Waals surface area contributed by atoms with Gasteiger partial charge in [-0.05, 0) is 35.9 Å². The largest absolute Gasteiger partial charge is 0.478 e. The van der Waals surface area contributed by atoms with Crippen LogP contribution >= 0.6 is 0 Å². The highest BCUT2D eigenvalue weighted by Gasteiger charge is 2.23. The highest BCUT2D eigenvalue weighted by molar-refractivity contribution is 5.94. The van der Waals surface area contributed by atoms with Crippen molar-refractivity contribution in [3.8, 4) is 0 Å². The van der Waals surface area contributed by atoms with Gasteiger partial charge in [0.05, 0.1) is 22.7 Å². The lowest BCUT2D eigenvalue weighted by Gasteiger charge is -2.36. The fourth-order valence-corrected chi connectivity index (χ4v) is 2.65. The lowest BCUT2D eigenvalue weighted by molar-refractivity contribution is -0.131. The van der Waals surface area contributed by atoms with E-state index in [9.17, 15) is 4.79 Å². The molecule has 2 aromatic rings. The van der Waals surface area contributed by atoms with Crippen LogP contribution in [0, 0.1) is 0 Å². The summed E-state index contributed by atoms with van der Waals surface area (Å²) in [5, 5.41) is 8.73. The van der Waals surface area contributed by atoms with Crippen LogP contribution in [0.5, 0.6) is 0 Å². The molecule has 0 radical (unpaired) electrons. The maximum atomic E-state index is 10.6. The summed E-state index contributed by atoms with van der Waals surface area (Å²) in [6, 6.07) is 14.2. The minimum atomic E-state index is -0.941. The van der Waals surface area contributed by atoms with Gasteiger partial charge in [0.25, 0.3) is 0 Å². The molecule has 0 amide bonds. The Labute approximate surface area is 123 Å². The molecule has 0 aliphatic carbocycles. The highest BCUT2D eigenvalue weighted by atomic mass is 16.4. The first-order valence-corrected chi connectivity index (χ1v) is 6.69. The van der Waals surface area contributed by atoms with Gasteiger partial charge in [-0.25, -0.2) is 4.79 Å². The lowest BCUT2D eigenvalue weighted by Crippen LogP contribution is -2.24. The molecule has 2 aromatic carbocycles. The summed E-state index contributed by atoms with van der Waals surface area (Å²) in [6.45, 7) is 0. The zero-order chi connectivity index (χ0) is 15.0. The van der Waals surface area contributed by atoms with E-state index in [1.807, 2.05) is 44.4 Å². The number of rotatable bonds is 2. The molecule has 1 N–H and O–H groups in total. The van der Waals surface area contributed by atoms with Gasteiger partial charge in [0, 0.05) is 20.2 Å². The molecule has 0 unspecified atom stereocenters. The van der Waals surface area contributed by atoms with E-state index >= 15 is 0 Å². The molecule has 106 valence electrons. The molecule has 0 spiro atoms. The Hall–Kier alpha value is -2.75. The van der Waals surface area contributed by atoms with Crippen molar-refractivity contribution in [2.45, 2.75) is 0 Å². The van der Waals surface area contributed by atoms with Crippen molar-refractivity contribution in [3.63, 3.8) is 0 Å². The summed E-state index contributed by atoms with van der Waals surface area (Å²) in [6.07, 6.45) is 2.76. The van der Waals surface area contributed by atoms with E-state index in [0.717, 1.165) is 34.4 Å². The number of carbonyl (C=O) groups is 1. The van der Waals surface area contributed by atoms with Crippen LogP contribution in [0.15, 0.2) is 48.5 Å². The van der Waals surface area contributed by atoms with E-state index < -0.39 is 5.97 Å². The smallest absolute Gasteiger partial charge is 0.328 e. The molecule has 0 saturated heterocycles. The van der Waals surface area contributed by atoms with Gasteiger partial charge < -0.3 is 14.9 Å². The van der Waals surface area contributed by atoms with Crippen LogP contribution in [0.3, 0.4) is 0 Å². The van der Waals surface area contributed by atoms with Crippen molar-refractivity contribution in [2.75, 3.05) is 23.9 Å². The monoisotopic (exact) mass is 280 g/mol. The van der Waals surface area contributed by atoms with Crippen molar-refractivity contribution >= 4 is 34.8 Å². The molecule has 0 aromatic heterocycles. The molecular weight excluding hydrogens is 264 g/mol. The first-order valence-electron chi connectivity index (χ1n) is 6.69. The van der Waals surface area contributed by atoms with Crippen LogP contribution in [0.2, 0.25) is 0 Å². The van der Waals surface area contributed by atoms with Gasteiger partial charge in [0.2, 0.25) is 0 Å². The van der Waals surface area contributed by atoms with Crippen LogP contribution in [-0.2, 0) is 4.79 Å². The van der Waals surface area contributed by atoms with E-state index in [1.54, 1.807) is 6.08 Å². The van der Waals surface area contributed by atoms with Crippen molar-refractivity contribution in [2.24, 2.45) is 0 Å². The van der Waals surface area contributed by atoms with Crippen LogP contribution in [0.1, 0.15) is 5.56 Å². The quantitative estimate of drug-likeness (QED) is 0.853. The Morgan fingerprint density at radius 3 is 2.14 bits per heavy atom. The summed E-state index contributed by atoms with van der Waals surface area (Å²) < 4.78 is 0. The third-order valence-corrected chi connectivity index (χ3v) is 3.74. The first kappa shape index (κ1) is 13.2. The molecular formula is C17H16N2O2. The Kier molecular flexibility index (Phi) is 3.14. The number of hydrogen-bond acceptors (Lipinski definition) is 3. The Morgan fingerprint density at radius 1 is 0.952 bits per heavy atom. The molecule has 1 heterocycles. The van der Waals surface area contributed by atoms with Gasteiger partial charge in [-0.3, -0.25) is 0 Å². The van der Waals surface area contributed by atoms with Crippen LogP contribution in [0.25, 0.3) is 6.08 Å². The van der Waals surface area contributed by atoms with Gasteiger partial charge >= 0.3 is 5.97 Å². The molecule has 0 bridgehead atoms. The summed E-state index contributed by atoms with van der Waals surface area (Å²) >= 11 is 0. The van der Waals surface area contributed by atoms with Gasteiger partial charge in [0.1, 0.15) is 0 Å². The van der Waals surface area contributed by atoms with E-state index in [2.05, 4.69) is 21.9 Å². The number of carboxylic acid groups (broad SMARTS) is 1. The van der Waals surface area contributed by atoms with Crippen LogP contribution in [0.4, 0.5) is 22.7 Å². The summed E-state index contributed by atoms with van der Waals surface area (Å²) in [7, 11) is 4.06. The van der Waals surface area contributed by atoms with Gasteiger partial charge in [-0.1, -0.05) is 18.2 Å². The highest BCUT2D eigenvalue weighted by Crippen LogP contribution is 2.46. The molecule has 0 atom stereocenters. The minimum absolute atomic E-state index is 0.871. The van der Waals surface area contributed by atoms with Gasteiger partial charge in [0.15, 0.2) is 0 Å². The second kappa shape index (κ2) is 4.98. The first-order chi connectivity index (χ1) is 10.1. The fraction of sp³-hybridized carbons (Fsp3) is 0.118. The second-order valence-electron chi connectivity index (χ2n) is 5.03. The summed E-state index contributed by atoms with van der Waals surface area (Å²) in [4.78, 5) is 14.9. The Balaban J connectivity index is 2.08.